The number of carbonyl (C=O) groups excluding carboxylic acids is 1. The number of alkyl halides is 3. The highest BCUT2D eigenvalue weighted by molar-refractivity contribution is 5.92. The molecule has 1 aliphatic carbocycles. The third-order valence-corrected chi connectivity index (χ3v) is 7.00. The Hall–Kier alpha value is -3.34. The van der Waals surface area contributed by atoms with Crippen molar-refractivity contribution in [1.82, 2.24) is 29.3 Å². The van der Waals surface area contributed by atoms with Crippen molar-refractivity contribution in [2.75, 3.05) is 19.6 Å². The van der Waals surface area contributed by atoms with Gasteiger partial charge in [0.15, 0.2) is 0 Å². The molecule has 3 aromatic rings. The minimum atomic E-state index is -4.77. The van der Waals surface area contributed by atoms with Crippen LogP contribution in [0.4, 0.5) is 13.2 Å². The molecule has 2 fully saturated rings. The molecule has 1 saturated carbocycles. The van der Waals surface area contributed by atoms with Crippen LogP contribution in [-0.2, 0) is 26.6 Å². The van der Waals surface area contributed by atoms with E-state index in [0.717, 1.165) is 37.6 Å². The number of nitrogens with one attached hydrogen (secondary N) is 1. The Morgan fingerprint density at radius 2 is 2.03 bits per heavy atom. The lowest BCUT2D eigenvalue weighted by atomic mass is 10.1. The number of hydrogen-bond donors (Lipinski definition) is 1. The van der Waals surface area contributed by atoms with Gasteiger partial charge in [0.05, 0.1) is 6.33 Å². The maximum Gasteiger partial charge on any atom is 0.573 e. The van der Waals surface area contributed by atoms with Crippen molar-refractivity contribution in [3.8, 4) is 5.75 Å². The normalized spacial score (nSPS) is 21.4. The monoisotopic (exact) mass is 502 g/mol. The average Bonchev–Trinajstić information content (AvgIpc) is 3.28. The van der Waals surface area contributed by atoms with Crippen LogP contribution in [0.5, 0.6) is 5.75 Å². The third-order valence-electron chi connectivity index (χ3n) is 7.00. The van der Waals surface area contributed by atoms with E-state index in [2.05, 4.69) is 31.5 Å². The quantitative estimate of drug-likeness (QED) is 0.484. The van der Waals surface area contributed by atoms with E-state index in [1.807, 2.05) is 6.20 Å². The number of rotatable bonds is 9. The second-order valence-corrected chi connectivity index (χ2v) is 9.70. The Morgan fingerprint density at radius 3 is 2.67 bits per heavy atom. The molecule has 2 unspecified atom stereocenters. The van der Waals surface area contributed by atoms with Gasteiger partial charge in [-0.15, -0.1) is 13.2 Å². The molecule has 5 rings (SSSR count). The van der Waals surface area contributed by atoms with E-state index in [9.17, 15) is 18.0 Å². The van der Waals surface area contributed by atoms with Crippen molar-refractivity contribution < 1.29 is 22.7 Å². The van der Waals surface area contributed by atoms with Crippen LogP contribution >= 0.6 is 0 Å². The Kier molecular flexibility index (Phi) is 6.50. The molecule has 11 heteroatoms. The second kappa shape index (κ2) is 9.61. The number of piperidine rings is 1. The summed E-state index contributed by atoms with van der Waals surface area (Å²) in [6.07, 6.45) is 1.21. The smallest absolute Gasteiger partial charge is 0.406 e. The number of amides is 1. The van der Waals surface area contributed by atoms with E-state index >= 15 is 0 Å². The summed E-state index contributed by atoms with van der Waals surface area (Å²) in [4.78, 5) is 29.3. The third kappa shape index (κ3) is 5.56. The summed E-state index contributed by atoms with van der Waals surface area (Å²) in [5.74, 6) is 1.81. The fourth-order valence-corrected chi connectivity index (χ4v) is 5.26. The number of H-pyrrole nitrogens is 1. The molecule has 2 atom stereocenters. The SMILES string of the molecule is CCc1ncc(CN2CC3C(C2)C3CN(Cc2cccc(OC(F)(F)F)c2)C(=O)c2cn(C)cn2)[nH]1. The first-order valence-electron chi connectivity index (χ1n) is 12.1. The van der Waals surface area contributed by atoms with Crippen molar-refractivity contribution in [2.24, 2.45) is 24.8 Å². The second-order valence-electron chi connectivity index (χ2n) is 9.70. The van der Waals surface area contributed by atoms with Crippen LogP contribution in [0, 0.1) is 17.8 Å². The number of nitrogens with zero attached hydrogens (tertiary/aromatic N) is 5. The molecule has 192 valence electrons. The lowest BCUT2D eigenvalue weighted by Crippen LogP contribution is -2.35. The van der Waals surface area contributed by atoms with Gasteiger partial charge in [-0.1, -0.05) is 19.1 Å². The van der Waals surface area contributed by atoms with E-state index in [4.69, 9.17) is 0 Å². The summed E-state index contributed by atoms with van der Waals surface area (Å²) in [5, 5.41) is 0. The Bertz CT molecular complexity index is 1210. The van der Waals surface area contributed by atoms with Crippen LogP contribution in [0.2, 0.25) is 0 Å². The molecule has 0 radical (unpaired) electrons. The topological polar surface area (TPSA) is 79.3 Å². The maximum absolute atomic E-state index is 13.3. The highest BCUT2D eigenvalue weighted by Crippen LogP contribution is 2.52. The lowest BCUT2D eigenvalue weighted by molar-refractivity contribution is -0.274. The molecular weight excluding hydrogens is 473 g/mol. The fourth-order valence-electron chi connectivity index (χ4n) is 5.26. The zero-order valence-electron chi connectivity index (χ0n) is 20.2. The van der Waals surface area contributed by atoms with Gasteiger partial charge in [0.2, 0.25) is 0 Å². The molecule has 8 nitrogen and oxygen atoms in total. The van der Waals surface area contributed by atoms with Gasteiger partial charge < -0.3 is 19.2 Å². The van der Waals surface area contributed by atoms with E-state index in [0.29, 0.717) is 35.6 Å². The standard InChI is InChI=1S/C25H29F3N6O2/c1-3-23-29-8-17(31-23)10-33-11-19-20(12-33)21(19)13-34(24(35)22-14-32(2)15-30-22)9-16-5-4-6-18(7-16)36-25(26,27)28/h4-8,14-15,19-21H,3,9-13H2,1-2H3,(H,29,31). The number of imidazole rings is 2. The van der Waals surface area contributed by atoms with Crippen molar-refractivity contribution in [3.63, 3.8) is 0 Å². The number of fused-ring (bicyclic) bond motifs is 1. The number of hydrogen-bond acceptors (Lipinski definition) is 5. The number of benzene rings is 1. The number of carbonyl (C=O) groups is 1. The van der Waals surface area contributed by atoms with Gasteiger partial charge in [0, 0.05) is 64.3 Å². The van der Waals surface area contributed by atoms with Gasteiger partial charge in [-0.3, -0.25) is 9.69 Å². The molecule has 3 heterocycles. The van der Waals surface area contributed by atoms with Crippen LogP contribution in [-0.4, -0.2) is 61.2 Å². The Balaban J connectivity index is 1.25. The molecule has 1 aromatic carbocycles. The predicted octanol–water partition coefficient (Wildman–Crippen LogP) is 3.62. The van der Waals surface area contributed by atoms with Gasteiger partial charge in [0.25, 0.3) is 5.91 Å². The molecule has 36 heavy (non-hydrogen) atoms. The number of aromatic amines is 1. The summed E-state index contributed by atoms with van der Waals surface area (Å²) in [7, 11) is 1.79. The van der Waals surface area contributed by atoms with Gasteiger partial charge in [0.1, 0.15) is 17.3 Å². The fraction of sp³-hybridized carbons (Fsp3) is 0.480. The minimum absolute atomic E-state index is 0.179. The van der Waals surface area contributed by atoms with E-state index in [1.54, 1.807) is 35.1 Å². The van der Waals surface area contributed by atoms with Crippen LogP contribution in [0.25, 0.3) is 0 Å². The molecule has 1 saturated heterocycles. The Labute approximate surface area is 207 Å². The Morgan fingerprint density at radius 1 is 1.25 bits per heavy atom. The number of likely N-dealkylation sites (tertiary alicyclic amines) is 1. The van der Waals surface area contributed by atoms with Crippen LogP contribution in [0.15, 0.2) is 43.0 Å². The molecule has 1 N–H and O–H groups in total. The van der Waals surface area contributed by atoms with Crippen LogP contribution < -0.4 is 4.74 Å². The molecule has 1 amide bonds. The summed E-state index contributed by atoms with van der Waals surface area (Å²) >= 11 is 0. The minimum Gasteiger partial charge on any atom is -0.406 e. The highest BCUT2D eigenvalue weighted by atomic mass is 19.4. The number of halogens is 3. The van der Waals surface area contributed by atoms with Gasteiger partial charge in [-0.2, -0.15) is 0 Å². The van der Waals surface area contributed by atoms with E-state index < -0.39 is 6.36 Å². The maximum atomic E-state index is 13.3. The van der Waals surface area contributed by atoms with Crippen LogP contribution in [0.3, 0.4) is 0 Å². The molecular formula is C25H29F3N6O2. The van der Waals surface area contributed by atoms with Crippen LogP contribution in [0.1, 0.15) is 34.5 Å². The van der Waals surface area contributed by atoms with Crippen molar-refractivity contribution in [2.45, 2.75) is 32.8 Å². The summed E-state index contributed by atoms with van der Waals surface area (Å²) in [6, 6.07) is 5.79. The number of aromatic nitrogens is 4. The van der Waals surface area contributed by atoms with Gasteiger partial charge >= 0.3 is 6.36 Å². The van der Waals surface area contributed by atoms with Gasteiger partial charge in [-0.05, 0) is 35.4 Å². The summed E-state index contributed by atoms with van der Waals surface area (Å²) < 4.78 is 43.8. The van der Waals surface area contributed by atoms with Crippen molar-refractivity contribution in [1.29, 1.82) is 0 Å². The predicted molar refractivity (Wildman–Crippen MR) is 125 cm³/mol. The first kappa shape index (κ1) is 24.4. The highest BCUT2D eigenvalue weighted by Gasteiger charge is 2.56. The first-order valence-corrected chi connectivity index (χ1v) is 12.1. The van der Waals surface area contributed by atoms with Gasteiger partial charge in [-0.25, -0.2) is 9.97 Å². The average molecular weight is 503 g/mol. The largest absolute Gasteiger partial charge is 0.573 e. The molecule has 2 aliphatic rings. The van der Waals surface area contributed by atoms with E-state index in [1.165, 1.54) is 18.2 Å². The molecule has 0 spiro atoms. The van der Waals surface area contributed by atoms with Crippen molar-refractivity contribution >= 4 is 5.91 Å². The lowest BCUT2D eigenvalue weighted by Gasteiger charge is -2.25. The van der Waals surface area contributed by atoms with Crippen molar-refractivity contribution in [3.05, 3.63) is 65.8 Å². The molecule has 1 aliphatic heterocycles. The van der Waals surface area contributed by atoms with E-state index in [-0.39, 0.29) is 18.2 Å². The first-order chi connectivity index (χ1) is 17.2. The molecule has 0 bridgehead atoms. The molecule has 2 aromatic heterocycles. The zero-order chi connectivity index (χ0) is 25.4. The zero-order valence-corrected chi connectivity index (χ0v) is 20.2. The number of aryl methyl sites for hydroxylation is 2. The summed E-state index contributed by atoms with van der Waals surface area (Å²) in [6.45, 7) is 5.52. The summed E-state index contributed by atoms with van der Waals surface area (Å²) in [5.41, 5.74) is 2.00. The number of ether oxygens (including phenoxy) is 1.